The molecule has 3 rings (SSSR count). The highest BCUT2D eigenvalue weighted by Crippen LogP contribution is 2.34. The Hall–Kier alpha value is -2.01. The summed E-state index contributed by atoms with van der Waals surface area (Å²) in [6.07, 6.45) is 1.55. The highest BCUT2D eigenvalue weighted by Gasteiger charge is 2.35. The molecule has 1 unspecified atom stereocenters. The second-order valence-corrected chi connectivity index (χ2v) is 7.86. The van der Waals surface area contributed by atoms with Gasteiger partial charge in [0.1, 0.15) is 11.4 Å². The van der Waals surface area contributed by atoms with Gasteiger partial charge in [-0.2, -0.15) is 0 Å². The Bertz CT molecular complexity index is 762. The number of H-pyrrole nitrogens is 1. The van der Waals surface area contributed by atoms with Crippen LogP contribution in [0.4, 0.5) is 4.79 Å². The molecule has 1 N–H and O–H groups in total. The molecule has 0 radical (unpaired) electrons. The van der Waals surface area contributed by atoms with Gasteiger partial charge in [0.15, 0.2) is 0 Å². The normalized spacial score (nSPS) is 17.8. The molecule has 1 aliphatic heterocycles. The fourth-order valence-corrected chi connectivity index (χ4v) is 3.25. The Morgan fingerprint density at radius 3 is 2.64 bits per heavy atom. The lowest BCUT2D eigenvalue weighted by atomic mass is 10.1. The van der Waals surface area contributed by atoms with Gasteiger partial charge in [-0.3, -0.25) is 4.90 Å². The number of rotatable bonds is 2. The maximum absolute atomic E-state index is 12.5. The van der Waals surface area contributed by atoms with Crippen LogP contribution in [0.2, 0.25) is 5.02 Å². The zero-order chi connectivity index (χ0) is 18.2. The lowest BCUT2D eigenvalue weighted by molar-refractivity contribution is 0.0218. The van der Waals surface area contributed by atoms with Crippen molar-refractivity contribution in [2.75, 3.05) is 6.54 Å². The second-order valence-electron chi connectivity index (χ2n) is 7.42. The average molecular weight is 362 g/mol. The Balaban J connectivity index is 1.85. The minimum Gasteiger partial charge on any atom is -0.444 e. The molecule has 1 fully saturated rings. The number of carbonyl (C=O) groups excluding carboxylic acids is 1. The van der Waals surface area contributed by atoms with Crippen molar-refractivity contribution in [3.63, 3.8) is 0 Å². The molecule has 1 aliphatic rings. The summed E-state index contributed by atoms with van der Waals surface area (Å²) in [4.78, 5) is 22.4. The largest absolute Gasteiger partial charge is 0.444 e. The zero-order valence-electron chi connectivity index (χ0n) is 15.1. The number of halogens is 1. The van der Waals surface area contributed by atoms with Crippen LogP contribution in [0.25, 0.3) is 11.3 Å². The van der Waals surface area contributed by atoms with E-state index in [2.05, 4.69) is 9.97 Å². The van der Waals surface area contributed by atoms with Gasteiger partial charge in [-0.15, -0.1) is 0 Å². The minimum atomic E-state index is -0.502. The minimum absolute atomic E-state index is 0.0744. The van der Waals surface area contributed by atoms with Crippen molar-refractivity contribution in [3.05, 3.63) is 40.8 Å². The van der Waals surface area contributed by atoms with Gasteiger partial charge in [0, 0.05) is 11.6 Å². The summed E-state index contributed by atoms with van der Waals surface area (Å²) in [5.74, 6) is 0.811. The van der Waals surface area contributed by atoms with Crippen LogP contribution < -0.4 is 0 Å². The molecule has 25 heavy (non-hydrogen) atoms. The Morgan fingerprint density at radius 1 is 1.32 bits per heavy atom. The van der Waals surface area contributed by atoms with E-state index in [1.807, 2.05) is 52.0 Å². The number of hydrogen-bond acceptors (Lipinski definition) is 3. The van der Waals surface area contributed by atoms with Crippen LogP contribution in [0.15, 0.2) is 24.3 Å². The van der Waals surface area contributed by atoms with Crippen LogP contribution >= 0.6 is 11.6 Å². The van der Waals surface area contributed by atoms with Gasteiger partial charge >= 0.3 is 6.09 Å². The van der Waals surface area contributed by atoms with Gasteiger partial charge in [0.05, 0.1) is 17.4 Å². The van der Waals surface area contributed by atoms with E-state index in [1.165, 1.54) is 0 Å². The lowest BCUT2D eigenvalue weighted by Gasteiger charge is -2.27. The summed E-state index contributed by atoms with van der Waals surface area (Å²) in [5.41, 5.74) is 2.40. The summed E-state index contributed by atoms with van der Waals surface area (Å²) in [6.45, 7) is 8.30. The van der Waals surface area contributed by atoms with Gasteiger partial charge in [0.25, 0.3) is 0 Å². The highest BCUT2D eigenvalue weighted by atomic mass is 35.5. The molecule has 134 valence electrons. The summed E-state index contributed by atoms with van der Waals surface area (Å²) >= 11 is 5.97. The predicted molar refractivity (Wildman–Crippen MR) is 98.7 cm³/mol. The van der Waals surface area contributed by atoms with E-state index >= 15 is 0 Å². The second kappa shape index (κ2) is 6.71. The number of nitrogens with zero attached hydrogens (tertiary/aromatic N) is 2. The number of aromatic amines is 1. The summed E-state index contributed by atoms with van der Waals surface area (Å²) in [6, 6.07) is 7.58. The average Bonchev–Trinajstić information content (AvgIpc) is 3.13. The maximum Gasteiger partial charge on any atom is 0.410 e. The maximum atomic E-state index is 12.5. The first-order valence-corrected chi connectivity index (χ1v) is 8.94. The number of imidazole rings is 1. The van der Waals surface area contributed by atoms with Gasteiger partial charge in [0.2, 0.25) is 0 Å². The third kappa shape index (κ3) is 3.98. The number of amides is 1. The molecule has 1 aromatic carbocycles. The van der Waals surface area contributed by atoms with E-state index < -0.39 is 5.60 Å². The third-order valence-corrected chi connectivity index (χ3v) is 4.48. The van der Waals surface area contributed by atoms with E-state index in [0.717, 1.165) is 35.6 Å². The number of hydrogen-bond donors (Lipinski definition) is 1. The standard InChI is InChI=1S/C19H24ClN3O2/c1-12-16(13-7-9-14(20)10-8-13)22-17(21-12)15-6-5-11-23(15)18(24)25-19(2,3)4/h7-10,15H,5-6,11H2,1-4H3,(H,21,22). The molecule has 5 nitrogen and oxygen atoms in total. The molecular formula is C19H24ClN3O2. The van der Waals surface area contributed by atoms with Crippen molar-refractivity contribution >= 4 is 17.7 Å². The van der Waals surface area contributed by atoms with Crippen molar-refractivity contribution in [2.24, 2.45) is 0 Å². The van der Waals surface area contributed by atoms with Crippen molar-refractivity contribution in [1.29, 1.82) is 0 Å². The van der Waals surface area contributed by atoms with Gasteiger partial charge in [-0.25, -0.2) is 9.78 Å². The quantitative estimate of drug-likeness (QED) is 0.808. The number of aryl methyl sites for hydroxylation is 1. The third-order valence-electron chi connectivity index (χ3n) is 4.23. The van der Waals surface area contributed by atoms with E-state index in [-0.39, 0.29) is 12.1 Å². The van der Waals surface area contributed by atoms with Crippen molar-refractivity contribution in [2.45, 2.75) is 52.2 Å². The molecular weight excluding hydrogens is 338 g/mol. The van der Waals surface area contributed by atoms with E-state index in [0.29, 0.717) is 11.6 Å². The van der Waals surface area contributed by atoms with Crippen LogP contribution in [0.3, 0.4) is 0 Å². The molecule has 1 atom stereocenters. The van der Waals surface area contributed by atoms with Gasteiger partial charge in [-0.05, 0) is 58.2 Å². The van der Waals surface area contributed by atoms with Crippen LogP contribution in [-0.4, -0.2) is 33.1 Å². The van der Waals surface area contributed by atoms with Gasteiger partial charge in [-0.1, -0.05) is 23.7 Å². The molecule has 6 heteroatoms. The number of benzene rings is 1. The van der Waals surface area contributed by atoms with Crippen LogP contribution in [0.5, 0.6) is 0 Å². The molecule has 0 spiro atoms. The lowest BCUT2D eigenvalue weighted by Crippen LogP contribution is -2.36. The topological polar surface area (TPSA) is 58.2 Å². The SMILES string of the molecule is Cc1nc(C2CCCN2C(=O)OC(C)(C)C)[nH]c1-c1ccc(Cl)cc1. The predicted octanol–water partition coefficient (Wildman–Crippen LogP) is 5.11. The zero-order valence-corrected chi connectivity index (χ0v) is 15.9. The Kier molecular flexibility index (Phi) is 4.78. The van der Waals surface area contributed by atoms with E-state index in [4.69, 9.17) is 16.3 Å². The first-order chi connectivity index (χ1) is 11.7. The van der Waals surface area contributed by atoms with Gasteiger partial charge < -0.3 is 9.72 Å². The smallest absolute Gasteiger partial charge is 0.410 e. The Morgan fingerprint density at radius 2 is 2.00 bits per heavy atom. The fraction of sp³-hybridized carbons (Fsp3) is 0.474. The molecule has 0 bridgehead atoms. The first-order valence-electron chi connectivity index (χ1n) is 8.56. The van der Waals surface area contributed by atoms with Crippen LogP contribution in [-0.2, 0) is 4.74 Å². The monoisotopic (exact) mass is 361 g/mol. The highest BCUT2D eigenvalue weighted by molar-refractivity contribution is 6.30. The summed E-state index contributed by atoms with van der Waals surface area (Å²) < 4.78 is 5.54. The van der Waals surface area contributed by atoms with Crippen molar-refractivity contribution in [3.8, 4) is 11.3 Å². The molecule has 1 amide bonds. The van der Waals surface area contributed by atoms with E-state index in [1.54, 1.807) is 4.90 Å². The fourth-order valence-electron chi connectivity index (χ4n) is 3.13. The number of likely N-dealkylation sites (tertiary alicyclic amines) is 1. The van der Waals surface area contributed by atoms with Crippen molar-refractivity contribution in [1.82, 2.24) is 14.9 Å². The number of aromatic nitrogens is 2. The number of carbonyl (C=O) groups is 1. The molecule has 0 saturated carbocycles. The van der Waals surface area contributed by atoms with Crippen molar-refractivity contribution < 1.29 is 9.53 Å². The molecule has 1 saturated heterocycles. The van der Waals surface area contributed by atoms with E-state index in [9.17, 15) is 4.79 Å². The van der Waals surface area contributed by atoms with Crippen LogP contribution in [0, 0.1) is 6.92 Å². The molecule has 2 aromatic rings. The molecule has 0 aliphatic carbocycles. The Labute approximate surface area is 153 Å². The summed E-state index contributed by atoms with van der Waals surface area (Å²) in [5, 5.41) is 0.702. The number of ether oxygens (including phenoxy) is 1. The van der Waals surface area contributed by atoms with Crippen LogP contribution in [0.1, 0.15) is 51.2 Å². The number of nitrogens with one attached hydrogen (secondary N) is 1. The summed E-state index contributed by atoms with van der Waals surface area (Å²) in [7, 11) is 0. The molecule has 2 heterocycles. The first kappa shape index (κ1) is 17.8. The molecule has 1 aromatic heterocycles.